The molecule has 0 atom stereocenters. The van der Waals surface area contributed by atoms with E-state index in [4.69, 9.17) is 16.3 Å². The number of ether oxygens (including phenoxy) is 1. The van der Waals surface area contributed by atoms with Gasteiger partial charge in [-0.3, -0.25) is 9.59 Å². The summed E-state index contributed by atoms with van der Waals surface area (Å²) in [5.41, 5.74) is 4.39. The zero-order valence-electron chi connectivity index (χ0n) is 21.2. The van der Waals surface area contributed by atoms with Crippen molar-refractivity contribution >= 4 is 23.4 Å². The van der Waals surface area contributed by atoms with Crippen molar-refractivity contribution in [2.75, 3.05) is 33.3 Å². The maximum absolute atomic E-state index is 13.8. The van der Waals surface area contributed by atoms with Crippen molar-refractivity contribution in [3.05, 3.63) is 107 Å². The van der Waals surface area contributed by atoms with Crippen LogP contribution in [0.25, 0.3) is 16.9 Å². The molecule has 0 radical (unpaired) electrons. The molecule has 0 aliphatic carbocycles. The molecule has 1 saturated heterocycles. The molecule has 0 bridgehead atoms. The summed E-state index contributed by atoms with van der Waals surface area (Å²) < 4.78 is 20.9. The number of benzene rings is 3. The molecular weight excluding hydrogens is 505 g/mol. The van der Waals surface area contributed by atoms with Crippen LogP contribution in [0.15, 0.2) is 78.9 Å². The van der Waals surface area contributed by atoms with Crippen LogP contribution < -0.4 is 4.74 Å². The van der Waals surface area contributed by atoms with Crippen molar-refractivity contribution in [1.82, 2.24) is 14.4 Å². The second kappa shape index (κ2) is 10.7. The number of rotatable bonds is 5. The minimum absolute atomic E-state index is 0.0970. The van der Waals surface area contributed by atoms with Gasteiger partial charge in [0.15, 0.2) is 0 Å². The molecule has 5 rings (SSSR count). The van der Waals surface area contributed by atoms with Crippen LogP contribution in [-0.4, -0.2) is 59.5 Å². The van der Waals surface area contributed by atoms with Gasteiger partial charge in [0.05, 0.1) is 24.1 Å². The maximum atomic E-state index is 13.8. The first kappa shape index (κ1) is 25.5. The van der Waals surface area contributed by atoms with E-state index in [9.17, 15) is 14.0 Å². The minimum atomic E-state index is -0.384. The van der Waals surface area contributed by atoms with Gasteiger partial charge < -0.3 is 19.1 Å². The molecule has 0 spiro atoms. The van der Waals surface area contributed by atoms with Gasteiger partial charge in [0.25, 0.3) is 11.8 Å². The first-order valence-corrected chi connectivity index (χ1v) is 12.7. The molecule has 38 heavy (non-hydrogen) atoms. The molecule has 1 fully saturated rings. The van der Waals surface area contributed by atoms with E-state index < -0.39 is 0 Å². The zero-order chi connectivity index (χ0) is 26.8. The Kier molecular flexibility index (Phi) is 7.20. The maximum Gasteiger partial charge on any atom is 0.255 e. The lowest BCUT2D eigenvalue weighted by molar-refractivity contribution is 0.0535. The van der Waals surface area contributed by atoms with E-state index >= 15 is 0 Å². The summed E-state index contributed by atoms with van der Waals surface area (Å²) in [4.78, 5) is 30.1. The Labute approximate surface area is 225 Å². The molecule has 1 aliphatic rings. The number of methoxy groups -OCH3 is 1. The Morgan fingerprint density at radius 3 is 2.08 bits per heavy atom. The normalized spacial score (nSPS) is 13.5. The Morgan fingerprint density at radius 2 is 1.45 bits per heavy atom. The molecule has 4 aromatic rings. The second-order valence-electron chi connectivity index (χ2n) is 9.13. The van der Waals surface area contributed by atoms with Crippen molar-refractivity contribution in [3.63, 3.8) is 0 Å². The standard InChI is InChI=1S/C30H27ClFN3O3/c1-20-25(30(37)34-17-15-33(16-18-34)29(36)22-9-13-24(32)14-10-22)19-27(21-7-11-23(31)12-8-21)35(20)26-5-3-4-6-28(26)38-2/h3-14,19H,15-18H2,1-2H3. The van der Waals surface area contributed by atoms with Gasteiger partial charge >= 0.3 is 0 Å². The largest absolute Gasteiger partial charge is 0.495 e. The highest BCUT2D eigenvalue weighted by Crippen LogP contribution is 2.34. The fourth-order valence-electron chi connectivity index (χ4n) is 4.84. The van der Waals surface area contributed by atoms with Gasteiger partial charge in [0.2, 0.25) is 0 Å². The number of para-hydroxylation sites is 2. The average molecular weight is 532 g/mol. The van der Waals surface area contributed by atoms with Crippen LogP contribution in [0.4, 0.5) is 4.39 Å². The van der Waals surface area contributed by atoms with Gasteiger partial charge in [0.1, 0.15) is 11.6 Å². The number of hydrogen-bond acceptors (Lipinski definition) is 3. The number of nitrogens with zero attached hydrogens (tertiary/aromatic N) is 3. The van der Waals surface area contributed by atoms with Crippen molar-refractivity contribution < 1.29 is 18.7 Å². The number of halogens is 2. The highest BCUT2D eigenvalue weighted by Gasteiger charge is 2.29. The van der Waals surface area contributed by atoms with E-state index in [-0.39, 0.29) is 17.6 Å². The molecule has 1 aliphatic heterocycles. The molecule has 0 unspecified atom stereocenters. The molecule has 3 aromatic carbocycles. The van der Waals surface area contributed by atoms with E-state index in [0.29, 0.717) is 48.1 Å². The van der Waals surface area contributed by atoms with Gasteiger partial charge in [-0.1, -0.05) is 35.9 Å². The number of aromatic nitrogens is 1. The van der Waals surface area contributed by atoms with Crippen molar-refractivity contribution in [2.45, 2.75) is 6.92 Å². The quantitative estimate of drug-likeness (QED) is 0.324. The molecule has 2 amide bonds. The van der Waals surface area contributed by atoms with Crippen LogP contribution in [0.5, 0.6) is 5.75 Å². The van der Waals surface area contributed by atoms with E-state index in [1.165, 1.54) is 24.3 Å². The molecule has 1 aromatic heterocycles. The highest BCUT2D eigenvalue weighted by atomic mass is 35.5. The number of piperazine rings is 1. The van der Waals surface area contributed by atoms with Crippen molar-refractivity contribution in [3.8, 4) is 22.7 Å². The van der Waals surface area contributed by atoms with Gasteiger partial charge in [-0.05, 0) is 67.1 Å². The van der Waals surface area contributed by atoms with Crippen molar-refractivity contribution in [2.24, 2.45) is 0 Å². The smallest absolute Gasteiger partial charge is 0.255 e. The number of carbonyl (C=O) groups excluding carboxylic acids is 2. The Balaban J connectivity index is 1.44. The van der Waals surface area contributed by atoms with E-state index in [0.717, 1.165) is 22.6 Å². The summed E-state index contributed by atoms with van der Waals surface area (Å²) in [7, 11) is 1.62. The first-order valence-electron chi connectivity index (χ1n) is 12.3. The molecule has 0 saturated carbocycles. The summed E-state index contributed by atoms with van der Waals surface area (Å²) in [6, 6.07) is 22.6. The molecule has 6 nitrogen and oxygen atoms in total. The van der Waals surface area contributed by atoms with Gasteiger partial charge in [-0.25, -0.2) is 4.39 Å². The predicted octanol–water partition coefficient (Wildman–Crippen LogP) is 5.85. The first-order chi connectivity index (χ1) is 18.4. The summed E-state index contributed by atoms with van der Waals surface area (Å²) >= 11 is 6.14. The molecule has 2 heterocycles. The fraction of sp³-hybridized carbons (Fsp3) is 0.200. The van der Waals surface area contributed by atoms with E-state index in [1.54, 1.807) is 16.9 Å². The highest BCUT2D eigenvalue weighted by molar-refractivity contribution is 6.30. The Bertz CT molecular complexity index is 1470. The van der Waals surface area contributed by atoms with Crippen LogP contribution >= 0.6 is 11.6 Å². The van der Waals surface area contributed by atoms with Gasteiger partial charge in [0, 0.05) is 42.5 Å². The third-order valence-corrected chi connectivity index (χ3v) is 7.14. The third kappa shape index (κ3) is 4.89. The summed E-state index contributed by atoms with van der Waals surface area (Å²) in [5.74, 6) is 0.0413. The molecule has 194 valence electrons. The van der Waals surface area contributed by atoms with Crippen LogP contribution in [0.3, 0.4) is 0 Å². The molecule has 8 heteroatoms. The number of amides is 2. The summed E-state index contributed by atoms with van der Waals surface area (Å²) in [6.45, 7) is 3.53. The molecular formula is C30H27ClFN3O3. The summed E-state index contributed by atoms with van der Waals surface area (Å²) in [6.07, 6.45) is 0. The number of hydrogen-bond donors (Lipinski definition) is 0. The lowest BCUT2D eigenvalue weighted by Gasteiger charge is -2.35. The average Bonchev–Trinajstić information content (AvgIpc) is 3.29. The van der Waals surface area contributed by atoms with E-state index in [1.807, 2.05) is 66.1 Å². The lowest BCUT2D eigenvalue weighted by Crippen LogP contribution is -2.50. The Hall–Kier alpha value is -4.10. The zero-order valence-corrected chi connectivity index (χ0v) is 21.9. The van der Waals surface area contributed by atoms with Crippen LogP contribution in [0.2, 0.25) is 5.02 Å². The van der Waals surface area contributed by atoms with E-state index in [2.05, 4.69) is 0 Å². The van der Waals surface area contributed by atoms with Crippen molar-refractivity contribution in [1.29, 1.82) is 0 Å². The van der Waals surface area contributed by atoms with Crippen LogP contribution in [0, 0.1) is 12.7 Å². The minimum Gasteiger partial charge on any atom is -0.495 e. The second-order valence-corrected chi connectivity index (χ2v) is 9.57. The Morgan fingerprint density at radius 1 is 0.842 bits per heavy atom. The molecule has 0 N–H and O–H groups in total. The monoisotopic (exact) mass is 531 g/mol. The fourth-order valence-corrected chi connectivity index (χ4v) is 4.97. The SMILES string of the molecule is COc1ccccc1-n1c(-c2ccc(Cl)cc2)cc(C(=O)N2CCN(C(=O)c3ccc(F)cc3)CC2)c1C. The van der Waals surface area contributed by atoms with Gasteiger partial charge in [-0.2, -0.15) is 0 Å². The predicted molar refractivity (Wildman–Crippen MR) is 146 cm³/mol. The van der Waals surface area contributed by atoms with Gasteiger partial charge in [-0.15, -0.1) is 0 Å². The topological polar surface area (TPSA) is 54.8 Å². The third-order valence-electron chi connectivity index (χ3n) is 6.89. The summed E-state index contributed by atoms with van der Waals surface area (Å²) in [5, 5.41) is 0.630. The van der Waals surface area contributed by atoms with Crippen LogP contribution in [0.1, 0.15) is 26.4 Å². The van der Waals surface area contributed by atoms with Crippen LogP contribution in [-0.2, 0) is 0 Å². The lowest BCUT2D eigenvalue weighted by atomic mass is 10.1. The number of carbonyl (C=O) groups is 2.